The smallest absolute Gasteiger partial charge is 0.135 e. The Morgan fingerprint density at radius 2 is 1.16 bits per heavy atom. The zero-order valence-electron chi connectivity index (χ0n) is 27.7. The van der Waals surface area contributed by atoms with Gasteiger partial charge in [-0.25, -0.2) is 0 Å². The van der Waals surface area contributed by atoms with Crippen molar-refractivity contribution >= 4 is 82.7 Å². The third kappa shape index (κ3) is 4.38. The minimum atomic E-state index is 0.0785. The molecule has 1 atom stereocenters. The van der Waals surface area contributed by atoms with Gasteiger partial charge in [-0.15, -0.1) is 0 Å². The van der Waals surface area contributed by atoms with E-state index in [1.807, 2.05) is 18.2 Å². The Hall–Kier alpha value is -6.58. The van der Waals surface area contributed by atoms with Gasteiger partial charge >= 0.3 is 0 Å². The Bertz CT molecular complexity index is 3020. The molecule has 1 unspecified atom stereocenters. The fraction of sp³-hybridized carbons (Fsp3) is 0.0417. The summed E-state index contributed by atoms with van der Waals surface area (Å²) in [5.41, 5.74) is 8.68. The number of nitrogens with zero attached hydrogens (tertiary/aromatic N) is 1. The van der Waals surface area contributed by atoms with Gasteiger partial charge in [0.1, 0.15) is 22.5 Å². The van der Waals surface area contributed by atoms with E-state index in [1.165, 1.54) is 54.4 Å². The lowest BCUT2D eigenvalue weighted by molar-refractivity contribution is 0.590. The van der Waals surface area contributed by atoms with Crippen molar-refractivity contribution in [1.29, 1.82) is 0 Å². The number of rotatable bonds is 4. The Labute approximate surface area is 294 Å². The molecule has 0 fully saturated rings. The van der Waals surface area contributed by atoms with E-state index in [4.69, 9.17) is 8.83 Å². The number of hydrogen-bond donors (Lipinski definition) is 0. The van der Waals surface area contributed by atoms with Gasteiger partial charge in [-0.05, 0) is 92.0 Å². The minimum Gasteiger partial charge on any atom is -0.456 e. The molecule has 3 nitrogen and oxygen atoms in total. The molecule has 0 bridgehead atoms. The van der Waals surface area contributed by atoms with Crippen molar-refractivity contribution in [2.75, 3.05) is 4.90 Å². The molecule has 2 heterocycles. The zero-order chi connectivity index (χ0) is 33.5. The van der Waals surface area contributed by atoms with Gasteiger partial charge < -0.3 is 13.7 Å². The van der Waals surface area contributed by atoms with E-state index in [-0.39, 0.29) is 6.04 Å². The van der Waals surface area contributed by atoms with Crippen LogP contribution >= 0.6 is 0 Å². The molecule has 0 saturated carbocycles. The molecular weight excluding hydrogens is 623 g/mol. The fourth-order valence-corrected chi connectivity index (χ4v) is 8.43. The molecule has 0 N–H and O–H groups in total. The highest BCUT2D eigenvalue weighted by Gasteiger charge is 2.27. The second-order valence-corrected chi connectivity index (χ2v) is 13.6. The van der Waals surface area contributed by atoms with Crippen LogP contribution in [0.15, 0.2) is 173 Å². The summed E-state index contributed by atoms with van der Waals surface area (Å²) < 4.78 is 12.5. The van der Waals surface area contributed by atoms with Crippen molar-refractivity contribution in [1.82, 2.24) is 0 Å². The van der Waals surface area contributed by atoms with Crippen LogP contribution in [0.1, 0.15) is 11.3 Å². The summed E-state index contributed by atoms with van der Waals surface area (Å²) in [5, 5.41) is 11.1. The molecule has 0 radical (unpaired) electrons. The first-order valence-electron chi connectivity index (χ1n) is 17.6. The SMILES string of the molecule is C1=CC(N(c2ccc(-c3cccc4ccc5c6ccccc6ccc5c34)cc2)c2ccc3oc4ccccc4c3c2)Cc2c1oc1ccccc21. The average Bonchev–Trinajstić information content (AvgIpc) is 3.76. The van der Waals surface area contributed by atoms with Crippen molar-refractivity contribution < 1.29 is 8.83 Å². The molecule has 0 aliphatic heterocycles. The zero-order valence-corrected chi connectivity index (χ0v) is 27.7. The normalized spacial score (nSPS) is 14.3. The van der Waals surface area contributed by atoms with Crippen LogP contribution in [0.3, 0.4) is 0 Å². The quantitative estimate of drug-likeness (QED) is 0.177. The third-order valence-electron chi connectivity index (χ3n) is 10.8. The second-order valence-electron chi connectivity index (χ2n) is 13.6. The first-order chi connectivity index (χ1) is 25.3. The van der Waals surface area contributed by atoms with E-state index in [2.05, 4.69) is 157 Å². The lowest BCUT2D eigenvalue weighted by Gasteiger charge is -2.33. The summed E-state index contributed by atoms with van der Waals surface area (Å²) >= 11 is 0. The van der Waals surface area contributed by atoms with Gasteiger partial charge in [-0.1, -0.05) is 121 Å². The number of para-hydroxylation sites is 2. The number of anilines is 2. The van der Waals surface area contributed by atoms with Gasteiger partial charge in [0.2, 0.25) is 0 Å². The van der Waals surface area contributed by atoms with Crippen molar-refractivity contribution in [3.8, 4) is 11.1 Å². The minimum absolute atomic E-state index is 0.0785. The fourth-order valence-electron chi connectivity index (χ4n) is 8.43. The lowest BCUT2D eigenvalue weighted by Crippen LogP contribution is -2.32. The van der Waals surface area contributed by atoms with Gasteiger partial charge in [0.05, 0.1) is 6.04 Å². The van der Waals surface area contributed by atoms with Gasteiger partial charge in [-0.2, -0.15) is 0 Å². The Morgan fingerprint density at radius 3 is 2.04 bits per heavy atom. The van der Waals surface area contributed by atoms with Crippen LogP contribution in [0, 0.1) is 0 Å². The molecule has 0 saturated heterocycles. The van der Waals surface area contributed by atoms with Gasteiger partial charge in [-0.3, -0.25) is 0 Å². The summed E-state index contributed by atoms with van der Waals surface area (Å²) in [6.45, 7) is 0. The van der Waals surface area contributed by atoms with Crippen molar-refractivity contribution in [3.63, 3.8) is 0 Å². The molecule has 1 aliphatic rings. The molecule has 240 valence electrons. The topological polar surface area (TPSA) is 29.5 Å². The summed E-state index contributed by atoms with van der Waals surface area (Å²) in [6, 6.07) is 56.9. The van der Waals surface area contributed by atoms with E-state index in [0.717, 1.165) is 51.1 Å². The Morgan fingerprint density at radius 1 is 0.471 bits per heavy atom. The Kier molecular flexibility index (Phi) is 6.08. The van der Waals surface area contributed by atoms with Crippen LogP contribution in [0.25, 0.3) is 82.4 Å². The van der Waals surface area contributed by atoms with Crippen LogP contribution < -0.4 is 4.90 Å². The number of furan rings is 2. The molecule has 11 rings (SSSR count). The maximum Gasteiger partial charge on any atom is 0.135 e. The summed E-state index contributed by atoms with van der Waals surface area (Å²) in [7, 11) is 0. The Balaban J connectivity index is 1.06. The second kappa shape index (κ2) is 11.0. The lowest BCUT2D eigenvalue weighted by atomic mass is 9.91. The monoisotopic (exact) mass is 653 g/mol. The van der Waals surface area contributed by atoms with Crippen LogP contribution in [0.2, 0.25) is 0 Å². The number of fused-ring (bicyclic) bond motifs is 11. The van der Waals surface area contributed by atoms with E-state index in [0.29, 0.717) is 0 Å². The largest absolute Gasteiger partial charge is 0.456 e. The van der Waals surface area contributed by atoms with Crippen LogP contribution in [0.5, 0.6) is 0 Å². The number of hydrogen-bond acceptors (Lipinski definition) is 3. The highest BCUT2D eigenvalue weighted by atomic mass is 16.3. The molecule has 2 aromatic heterocycles. The maximum atomic E-state index is 6.26. The first kappa shape index (κ1) is 28.3. The highest BCUT2D eigenvalue weighted by Crippen LogP contribution is 2.41. The molecule has 51 heavy (non-hydrogen) atoms. The van der Waals surface area contributed by atoms with Gasteiger partial charge in [0, 0.05) is 39.5 Å². The van der Waals surface area contributed by atoms with Crippen LogP contribution in [-0.2, 0) is 6.42 Å². The standard InChI is InChI=1S/C48H31NO2/c1-2-10-36-30(8-1)18-25-41-38(36)24-19-32-9-7-13-37(48(32)41)31-16-20-33(21-17-31)49(34-22-26-46-42(28-34)39-11-3-5-14-44(39)50-46)35-23-27-47-43(29-35)40-12-4-6-15-45(40)51-47/h1-28,35H,29H2. The van der Waals surface area contributed by atoms with E-state index >= 15 is 0 Å². The predicted molar refractivity (Wildman–Crippen MR) is 213 cm³/mol. The number of benzene rings is 8. The predicted octanol–water partition coefficient (Wildman–Crippen LogP) is 13.2. The first-order valence-corrected chi connectivity index (χ1v) is 17.6. The van der Waals surface area contributed by atoms with E-state index in [9.17, 15) is 0 Å². The summed E-state index contributed by atoms with van der Waals surface area (Å²) in [5.74, 6) is 0.954. The summed E-state index contributed by atoms with van der Waals surface area (Å²) in [4.78, 5) is 2.47. The van der Waals surface area contributed by atoms with Gasteiger partial charge in [0.15, 0.2) is 0 Å². The van der Waals surface area contributed by atoms with E-state index in [1.54, 1.807) is 0 Å². The maximum absolute atomic E-state index is 6.26. The highest BCUT2D eigenvalue weighted by molar-refractivity contribution is 6.21. The van der Waals surface area contributed by atoms with Crippen molar-refractivity contribution in [3.05, 3.63) is 175 Å². The average molecular weight is 654 g/mol. The van der Waals surface area contributed by atoms with Crippen molar-refractivity contribution in [2.24, 2.45) is 0 Å². The molecule has 1 aliphatic carbocycles. The van der Waals surface area contributed by atoms with Crippen LogP contribution in [0.4, 0.5) is 11.4 Å². The molecule has 0 amide bonds. The molecular formula is C48H31NO2. The molecule has 8 aromatic carbocycles. The van der Waals surface area contributed by atoms with Crippen LogP contribution in [-0.4, -0.2) is 6.04 Å². The van der Waals surface area contributed by atoms with Crippen molar-refractivity contribution in [2.45, 2.75) is 12.5 Å². The van der Waals surface area contributed by atoms with E-state index < -0.39 is 0 Å². The molecule has 0 spiro atoms. The molecule has 10 aromatic rings. The van der Waals surface area contributed by atoms with Gasteiger partial charge in [0.25, 0.3) is 0 Å². The summed E-state index contributed by atoms with van der Waals surface area (Å²) in [6.07, 6.45) is 5.27. The molecule has 3 heteroatoms. The third-order valence-corrected chi connectivity index (χ3v) is 10.8.